The molecule has 1 unspecified atom stereocenters. The summed E-state index contributed by atoms with van der Waals surface area (Å²) in [5.41, 5.74) is 7.01. The third-order valence-corrected chi connectivity index (χ3v) is 3.30. The van der Waals surface area contributed by atoms with Gasteiger partial charge >= 0.3 is 0 Å². The number of Topliss-reactive ketones (excluding diaryl/α,β-unsaturated/α-hetero) is 1. The lowest BCUT2D eigenvalue weighted by molar-refractivity contribution is 0.0962. The minimum absolute atomic E-state index is 0.167. The number of nitrogen functional groups attached to an aromatic ring is 1. The fourth-order valence-electron chi connectivity index (χ4n) is 1.78. The van der Waals surface area contributed by atoms with Gasteiger partial charge in [-0.05, 0) is 24.1 Å². The van der Waals surface area contributed by atoms with Crippen molar-refractivity contribution < 1.29 is 4.79 Å². The van der Waals surface area contributed by atoms with Crippen molar-refractivity contribution in [3.8, 4) is 0 Å². The Hall–Kier alpha value is -0.830. The van der Waals surface area contributed by atoms with E-state index in [-0.39, 0.29) is 5.78 Å². The quantitative estimate of drug-likeness (QED) is 0.655. The maximum absolute atomic E-state index is 12.0. The molecule has 3 heteroatoms. The van der Waals surface area contributed by atoms with Crippen LogP contribution in [0.15, 0.2) is 22.7 Å². The summed E-state index contributed by atoms with van der Waals surface area (Å²) >= 11 is 3.38. The molecule has 0 heterocycles. The second-order valence-electron chi connectivity index (χ2n) is 4.26. The normalized spacial score (nSPS) is 12.4. The minimum Gasteiger partial charge on any atom is -0.399 e. The summed E-state index contributed by atoms with van der Waals surface area (Å²) in [5, 5.41) is 0. The standard InChI is InChI=1S/C13H18BrNO/c1-3-4-9(2)7-13(16)11-8-10(15)5-6-12(11)14/h5-6,8-9H,3-4,7,15H2,1-2H3. The van der Waals surface area contributed by atoms with E-state index >= 15 is 0 Å². The third kappa shape index (κ3) is 3.63. The van der Waals surface area contributed by atoms with Gasteiger partial charge in [0.1, 0.15) is 0 Å². The van der Waals surface area contributed by atoms with Gasteiger partial charge in [-0.3, -0.25) is 4.79 Å². The number of hydrogen-bond donors (Lipinski definition) is 1. The molecule has 2 N–H and O–H groups in total. The van der Waals surface area contributed by atoms with Gasteiger partial charge in [-0.2, -0.15) is 0 Å². The maximum Gasteiger partial charge on any atom is 0.164 e. The molecular formula is C13H18BrNO. The van der Waals surface area contributed by atoms with Crippen molar-refractivity contribution in [2.24, 2.45) is 5.92 Å². The van der Waals surface area contributed by atoms with Crippen molar-refractivity contribution in [3.63, 3.8) is 0 Å². The zero-order valence-electron chi connectivity index (χ0n) is 9.79. The topological polar surface area (TPSA) is 43.1 Å². The minimum atomic E-state index is 0.167. The van der Waals surface area contributed by atoms with Crippen LogP contribution < -0.4 is 5.73 Å². The van der Waals surface area contributed by atoms with Gasteiger partial charge in [0.2, 0.25) is 0 Å². The van der Waals surface area contributed by atoms with Crippen molar-refractivity contribution in [1.82, 2.24) is 0 Å². The van der Waals surface area contributed by atoms with Crippen molar-refractivity contribution in [2.75, 3.05) is 5.73 Å². The van der Waals surface area contributed by atoms with Gasteiger partial charge in [0, 0.05) is 22.1 Å². The Morgan fingerprint density at radius 1 is 1.50 bits per heavy atom. The zero-order valence-corrected chi connectivity index (χ0v) is 11.4. The molecule has 0 aliphatic carbocycles. The first-order valence-corrected chi connectivity index (χ1v) is 6.42. The van der Waals surface area contributed by atoms with Crippen LogP contribution in [0.4, 0.5) is 5.69 Å². The molecule has 88 valence electrons. The number of nitrogens with two attached hydrogens (primary N) is 1. The Balaban J connectivity index is 2.76. The lowest BCUT2D eigenvalue weighted by Crippen LogP contribution is -2.07. The van der Waals surface area contributed by atoms with Crippen LogP contribution in [0.3, 0.4) is 0 Å². The summed E-state index contributed by atoms with van der Waals surface area (Å²) in [7, 11) is 0. The van der Waals surface area contributed by atoms with E-state index in [0.717, 1.165) is 17.3 Å². The Bertz CT molecular complexity index is 376. The number of benzene rings is 1. The monoisotopic (exact) mass is 283 g/mol. The fourth-order valence-corrected chi connectivity index (χ4v) is 2.25. The van der Waals surface area contributed by atoms with Gasteiger partial charge in [-0.15, -0.1) is 0 Å². The number of hydrogen-bond acceptors (Lipinski definition) is 2. The molecule has 0 aromatic heterocycles. The number of rotatable bonds is 5. The van der Waals surface area contributed by atoms with E-state index in [2.05, 4.69) is 29.8 Å². The van der Waals surface area contributed by atoms with E-state index in [0.29, 0.717) is 23.6 Å². The summed E-state index contributed by atoms with van der Waals surface area (Å²) in [5.74, 6) is 0.603. The first-order chi connectivity index (χ1) is 7.54. The molecule has 0 saturated heterocycles. The van der Waals surface area contributed by atoms with Crippen LogP contribution in [0.5, 0.6) is 0 Å². The number of carbonyl (C=O) groups is 1. The van der Waals surface area contributed by atoms with Crippen LogP contribution in [-0.4, -0.2) is 5.78 Å². The predicted octanol–water partition coefficient (Wildman–Crippen LogP) is 4.04. The van der Waals surface area contributed by atoms with E-state index in [1.807, 2.05) is 6.07 Å². The van der Waals surface area contributed by atoms with Crippen LogP contribution in [0.25, 0.3) is 0 Å². The molecule has 0 fully saturated rings. The largest absolute Gasteiger partial charge is 0.399 e. The van der Waals surface area contributed by atoms with Gasteiger partial charge in [-0.25, -0.2) is 0 Å². The number of ketones is 1. The van der Waals surface area contributed by atoms with Crippen LogP contribution >= 0.6 is 15.9 Å². The summed E-state index contributed by atoms with van der Waals surface area (Å²) < 4.78 is 0.829. The van der Waals surface area contributed by atoms with Crippen LogP contribution in [0, 0.1) is 5.92 Å². The van der Waals surface area contributed by atoms with Gasteiger partial charge in [0.05, 0.1) is 0 Å². The number of carbonyl (C=O) groups excluding carboxylic acids is 1. The third-order valence-electron chi connectivity index (χ3n) is 2.61. The molecule has 1 aromatic carbocycles. The highest BCUT2D eigenvalue weighted by Gasteiger charge is 2.13. The SMILES string of the molecule is CCCC(C)CC(=O)c1cc(N)ccc1Br. The molecular weight excluding hydrogens is 266 g/mol. The second kappa shape index (κ2) is 6.04. The summed E-state index contributed by atoms with van der Waals surface area (Å²) in [4.78, 5) is 12.0. The van der Waals surface area contributed by atoms with Gasteiger partial charge in [0.15, 0.2) is 5.78 Å². The molecule has 1 rings (SSSR count). The molecule has 1 atom stereocenters. The van der Waals surface area contributed by atoms with Gasteiger partial charge in [-0.1, -0.05) is 42.6 Å². The highest BCUT2D eigenvalue weighted by atomic mass is 79.9. The van der Waals surface area contributed by atoms with Crippen molar-refractivity contribution >= 4 is 27.4 Å². The lowest BCUT2D eigenvalue weighted by Gasteiger charge is -2.10. The Morgan fingerprint density at radius 3 is 2.81 bits per heavy atom. The maximum atomic E-state index is 12.0. The Labute approximate surface area is 105 Å². The van der Waals surface area contributed by atoms with Crippen molar-refractivity contribution in [2.45, 2.75) is 33.1 Å². The van der Waals surface area contributed by atoms with Crippen molar-refractivity contribution in [1.29, 1.82) is 0 Å². The van der Waals surface area contributed by atoms with Crippen molar-refractivity contribution in [3.05, 3.63) is 28.2 Å². The Kier molecular flexibility index (Phi) is 5.00. The molecule has 0 saturated carbocycles. The van der Waals surface area contributed by atoms with E-state index < -0.39 is 0 Å². The molecule has 0 aliphatic rings. The van der Waals surface area contributed by atoms with Gasteiger partial charge < -0.3 is 5.73 Å². The highest BCUT2D eigenvalue weighted by Crippen LogP contribution is 2.23. The van der Waals surface area contributed by atoms with E-state index in [1.54, 1.807) is 12.1 Å². The zero-order chi connectivity index (χ0) is 12.1. The summed E-state index contributed by atoms with van der Waals surface area (Å²) in [6, 6.07) is 5.36. The molecule has 0 aliphatic heterocycles. The lowest BCUT2D eigenvalue weighted by atomic mass is 9.96. The molecule has 0 bridgehead atoms. The number of halogens is 1. The molecule has 0 radical (unpaired) electrons. The highest BCUT2D eigenvalue weighted by molar-refractivity contribution is 9.10. The van der Waals surface area contributed by atoms with Gasteiger partial charge in [0.25, 0.3) is 0 Å². The molecule has 16 heavy (non-hydrogen) atoms. The van der Waals surface area contributed by atoms with E-state index in [9.17, 15) is 4.79 Å². The average molecular weight is 284 g/mol. The van der Waals surface area contributed by atoms with E-state index in [4.69, 9.17) is 5.73 Å². The molecule has 0 spiro atoms. The average Bonchev–Trinajstić information content (AvgIpc) is 2.21. The Morgan fingerprint density at radius 2 is 2.19 bits per heavy atom. The summed E-state index contributed by atoms with van der Waals surface area (Å²) in [6.07, 6.45) is 2.80. The molecule has 0 amide bonds. The fraction of sp³-hybridized carbons (Fsp3) is 0.462. The second-order valence-corrected chi connectivity index (χ2v) is 5.11. The van der Waals surface area contributed by atoms with Crippen LogP contribution in [0.1, 0.15) is 43.5 Å². The predicted molar refractivity (Wildman–Crippen MR) is 71.6 cm³/mol. The van der Waals surface area contributed by atoms with Crippen LogP contribution in [-0.2, 0) is 0 Å². The molecule has 1 aromatic rings. The first kappa shape index (κ1) is 13.2. The van der Waals surface area contributed by atoms with E-state index in [1.165, 1.54) is 0 Å². The number of anilines is 1. The summed E-state index contributed by atoms with van der Waals surface area (Å²) in [6.45, 7) is 4.25. The molecule has 2 nitrogen and oxygen atoms in total. The van der Waals surface area contributed by atoms with Crippen LogP contribution in [0.2, 0.25) is 0 Å². The first-order valence-electron chi connectivity index (χ1n) is 5.62. The smallest absolute Gasteiger partial charge is 0.164 e.